The lowest BCUT2D eigenvalue weighted by Crippen LogP contribution is -2.54. The van der Waals surface area contributed by atoms with Crippen molar-refractivity contribution in [1.82, 2.24) is 10.6 Å². The Balaban J connectivity index is 2.21. The van der Waals surface area contributed by atoms with Crippen LogP contribution in [-0.2, 0) is 27.2 Å². The molecule has 0 unspecified atom stereocenters. The monoisotopic (exact) mass is 399 g/mol. The number of halogens is 1. The van der Waals surface area contributed by atoms with E-state index in [-0.39, 0.29) is 18.4 Å². The van der Waals surface area contributed by atoms with Crippen LogP contribution in [0.25, 0.3) is 0 Å². The minimum absolute atomic E-state index is 0.0486. The van der Waals surface area contributed by atoms with E-state index < -0.39 is 35.6 Å². The number of hydrogen-bond donors (Lipinski definition) is 3. The van der Waals surface area contributed by atoms with Gasteiger partial charge in [-0.2, -0.15) is 0 Å². The van der Waals surface area contributed by atoms with Gasteiger partial charge in [-0.05, 0) is 42.2 Å². The minimum atomic E-state index is -1.04. The highest BCUT2D eigenvalue weighted by molar-refractivity contribution is 5.91. The topological polar surface area (TPSA) is 101 Å². The van der Waals surface area contributed by atoms with Crippen LogP contribution < -0.4 is 16.4 Å². The van der Waals surface area contributed by atoms with Crippen molar-refractivity contribution in [1.29, 1.82) is 0 Å². The van der Waals surface area contributed by atoms with Gasteiger partial charge in [-0.25, -0.2) is 4.39 Å². The first kappa shape index (κ1) is 22.1. The summed E-state index contributed by atoms with van der Waals surface area (Å²) in [5.74, 6) is -2.20. The van der Waals surface area contributed by atoms with Gasteiger partial charge in [-0.1, -0.05) is 36.4 Å². The number of rotatable bonds is 8. The molecule has 2 atom stereocenters. The molecule has 0 radical (unpaired) electrons. The molecule has 2 aromatic carbocycles. The van der Waals surface area contributed by atoms with Crippen LogP contribution in [0.4, 0.5) is 4.39 Å². The molecule has 154 valence electrons. The van der Waals surface area contributed by atoms with Gasteiger partial charge in [0.05, 0.1) is 0 Å². The zero-order valence-electron chi connectivity index (χ0n) is 16.8. The van der Waals surface area contributed by atoms with Crippen LogP contribution in [0.5, 0.6) is 0 Å². The number of carbonyl (C=O) groups excluding carboxylic acids is 3. The highest BCUT2D eigenvalue weighted by Crippen LogP contribution is 2.16. The summed E-state index contributed by atoms with van der Waals surface area (Å²) in [5.41, 5.74) is 8.68. The average Bonchev–Trinajstić information content (AvgIpc) is 2.64. The molecule has 0 spiro atoms. The average molecular weight is 399 g/mol. The van der Waals surface area contributed by atoms with Crippen molar-refractivity contribution in [2.75, 3.05) is 0 Å². The molecule has 2 aromatic rings. The molecule has 4 N–H and O–H groups in total. The fraction of sp³-hybridized carbons (Fsp3) is 0.318. The molecule has 29 heavy (non-hydrogen) atoms. The highest BCUT2D eigenvalue weighted by Gasteiger charge is 2.26. The summed E-state index contributed by atoms with van der Waals surface area (Å²) in [6, 6.07) is 9.76. The first-order valence-electron chi connectivity index (χ1n) is 9.34. The fourth-order valence-electron chi connectivity index (χ4n) is 3.21. The van der Waals surface area contributed by atoms with E-state index in [9.17, 15) is 18.8 Å². The van der Waals surface area contributed by atoms with E-state index in [0.29, 0.717) is 0 Å². The lowest BCUT2D eigenvalue weighted by atomic mass is 9.95. The Labute approximate surface area is 169 Å². The smallest absolute Gasteiger partial charge is 0.243 e. The van der Waals surface area contributed by atoms with Crippen LogP contribution in [0.3, 0.4) is 0 Å². The Morgan fingerprint density at radius 2 is 1.55 bits per heavy atom. The maximum atomic E-state index is 14.0. The second-order valence-corrected chi connectivity index (χ2v) is 7.09. The van der Waals surface area contributed by atoms with Gasteiger partial charge in [0.25, 0.3) is 0 Å². The predicted octanol–water partition coefficient (Wildman–Crippen LogP) is 1.70. The van der Waals surface area contributed by atoms with Gasteiger partial charge < -0.3 is 16.4 Å². The maximum absolute atomic E-state index is 14.0. The number of hydrogen-bond acceptors (Lipinski definition) is 3. The Morgan fingerprint density at radius 3 is 2.10 bits per heavy atom. The summed E-state index contributed by atoms with van der Waals surface area (Å²) in [5, 5.41) is 5.13. The summed E-state index contributed by atoms with van der Waals surface area (Å²) in [4.78, 5) is 36.3. The molecule has 0 saturated carbocycles. The van der Waals surface area contributed by atoms with Gasteiger partial charge in [0, 0.05) is 19.8 Å². The van der Waals surface area contributed by atoms with E-state index >= 15 is 0 Å². The molecule has 6 nitrogen and oxygen atoms in total. The van der Waals surface area contributed by atoms with Gasteiger partial charge in [0.2, 0.25) is 17.7 Å². The molecule has 0 aromatic heterocycles. The Kier molecular flexibility index (Phi) is 7.47. The molecule has 0 saturated heterocycles. The number of nitrogens with one attached hydrogen (secondary N) is 2. The van der Waals surface area contributed by atoms with Crippen molar-refractivity contribution in [3.63, 3.8) is 0 Å². The summed E-state index contributed by atoms with van der Waals surface area (Å²) < 4.78 is 14.0. The van der Waals surface area contributed by atoms with Gasteiger partial charge in [0.15, 0.2) is 0 Å². The molecule has 7 heteroatoms. The number of primary amides is 1. The zero-order valence-corrected chi connectivity index (χ0v) is 16.8. The molecule has 0 aliphatic heterocycles. The normalized spacial score (nSPS) is 12.7. The molecule has 0 aliphatic carbocycles. The zero-order chi connectivity index (χ0) is 21.6. The number of carbonyl (C=O) groups is 3. The van der Waals surface area contributed by atoms with Crippen LogP contribution in [0, 0.1) is 19.7 Å². The summed E-state index contributed by atoms with van der Waals surface area (Å²) in [6.45, 7) is 5.10. The van der Waals surface area contributed by atoms with Crippen molar-refractivity contribution < 1.29 is 18.8 Å². The first-order chi connectivity index (χ1) is 13.7. The van der Waals surface area contributed by atoms with Gasteiger partial charge in [0.1, 0.15) is 17.9 Å². The fourth-order valence-corrected chi connectivity index (χ4v) is 3.21. The standard InChI is InChI=1S/C22H26FN3O3/c1-13-7-6-8-14(2)17(13)12-19(21(24)28)26-22(29)20(25-15(3)27)11-16-9-4-5-10-18(16)23/h4-10,19-20H,11-12H2,1-3H3,(H2,24,28)(H,25,27)(H,26,29)/t19-,20+/m1/s1. The first-order valence-corrected chi connectivity index (χ1v) is 9.34. The number of benzene rings is 2. The summed E-state index contributed by atoms with van der Waals surface area (Å²) in [7, 11) is 0. The minimum Gasteiger partial charge on any atom is -0.368 e. The summed E-state index contributed by atoms with van der Waals surface area (Å²) in [6.07, 6.45) is 0.180. The van der Waals surface area contributed by atoms with Crippen molar-refractivity contribution in [3.05, 3.63) is 70.5 Å². The van der Waals surface area contributed by atoms with Crippen LogP contribution in [0.15, 0.2) is 42.5 Å². The van der Waals surface area contributed by atoms with Gasteiger partial charge in [-0.15, -0.1) is 0 Å². The Hall–Kier alpha value is -3.22. The Bertz CT molecular complexity index is 894. The lowest BCUT2D eigenvalue weighted by molar-refractivity contribution is -0.130. The molecule has 2 rings (SSSR count). The van der Waals surface area contributed by atoms with Crippen LogP contribution >= 0.6 is 0 Å². The number of aryl methyl sites for hydroxylation is 2. The molecule has 3 amide bonds. The van der Waals surface area contributed by atoms with Crippen LogP contribution in [-0.4, -0.2) is 29.8 Å². The lowest BCUT2D eigenvalue weighted by Gasteiger charge is -2.23. The van der Waals surface area contributed by atoms with Crippen molar-refractivity contribution in [2.24, 2.45) is 5.73 Å². The Morgan fingerprint density at radius 1 is 0.931 bits per heavy atom. The van der Waals surface area contributed by atoms with Crippen molar-refractivity contribution >= 4 is 17.7 Å². The van der Waals surface area contributed by atoms with E-state index in [1.165, 1.54) is 13.0 Å². The highest BCUT2D eigenvalue weighted by atomic mass is 19.1. The van der Waals surface area contributed by atoms with Gasteiger partial charge >= 0.3 is 0 Å². The second-order valence-electron chi connectivity index (χ2n) is 7.09. The SMILES string of the molecule is CC(=O)N[C@@H](Cc1ccccc1F)C(=O)N[C@H](Cc1c(C)cccc1C)C(N)=O. The van der Waals surface area contributed by atoms with Crippen LogP contribution in [0.2, 0.25) is 0 Å². The molecule has 0 heterocycles. The maximum Gasteiger partial charge on any atom is 0.243 e. The molecule has 0 bridgehead atoms. The third-order valence-electron chi connectivity index (χ3n) is 4.79. The van der Waals surface area contributed by atoms with E-state index in [4.69, 9.17) is 5.73 Å². The third kappa shape index (κ3) is 6.14. The van der Waals surface area contributed by atoms with E-state index in [1.807, 2.05) is 32.0 Å². The quantitative estimate of drug-likeness (QED) is 0.630. The number of nitrogens with two attached hydrogens (primary N) is 1. The molecule has 0 aliphatic rings. The van der Waals surface area contributed by atoms with E-state index in [1.54, 1.807) is 18.2 Å². The molecule has 0 fully saturated rings. The van der Waals surface area contributed by atoms with Gasteiger partial charge in [-0.3, -0.25) is 14.4 Å². The molecular weight excluding hydrogens is 373 g/mol. The van der Waals surface area contributed by atoms with E-state index in [0.717, 1.165) is 16.7 Å². The van der Waals surface area contributed by atoms with E-state index in [2.05, 4.69) is 10.6 Å². The largest absolute Gasteiger partial charge is 0.368 e. The second kappa shape index (κ2) is 9.82. The predicted molar refractivity (Wildman–Crippen MR) is 108 cm³/mol. The van der Waals surface area contributed by atoms with Crippen molar-refractivity contribution in [3.8, 4) is 0 Å². The number of amides is 3. The third-order valence-corrected chi connectivity index (χ3v) is 4.79. The van der Waals surface area contributed by atoms with Crippen molar-refractivity contribution in [2.45, 2.75) is 45.7 Å². The van der Waals surface area contributed by atoms with Crippen LogP contribution in [0.1, 0.15) is 29.2 Å². The molecular formula is C22H26FN3O3. The summed E-state index contributed by atoms with van der Waals surface area (Å²) >= 11 is 0.